The Balaban J connectivity index is 2.03. The van der Waals surface area contributed by atoms with Crippen LogP contribution in [0, 0.1) is 13.8 Å². The molecule has 3 heterocycles. The third-order valence-corrected chi connectivity index (χ3v) is 4.61. The van der Waals surface area contributed by atoms with Gasteiger partial charge in [-0.1, -0.05) is 6.07 Å². The summed E-state index contributed by atoms with van der Waals surface area (Å²) in [6.07, 6.45) is 4.17. The summed E-state index contributed by atoms with van der Waals surface area (Å²) < 4.78 is 11.7. The van der Waals surface area contributed by atoms with Gasteiger partial charge in [-0.05, 0) is 32.4 Å². The van der Waals surface area contributed by atoms with Gasteiger partial charge in [0, 0.05) is 26.4 Å². The summed E-state index contributed by atoms with van der Waals surface area (Å²) >= 11 is 0. The van der Waals surface area contributed by atoms with Crippen LogP contribution in [0.2, 0.25) is 0 Å². The smallest absolute Gasteiger partial charge is 0.267 e. The molecule has 5 nitrogen and oxygen atoms in total. The van der Waals surface area contributed by atoms with Gasteiger partial charge in [-0.2, -0.15) is 4.98 Å². The van der Waals surface area contributed by atoms with E-state index in [2.05, 4.69) is 61.1 Å². The highest BCUT2D eigenvalue weighted by atomic mass is 16.4. The summed E-state index contributed by atoms with van der Waals surface area (Å²) in [5.74, 6) is 0.624. The molecule has 1 aromatic carbocycles. The van der Waals surface area contributed by atoms with Crippen LogP contribution in [0.4, 0.5) is 5.69 Å². The summed E-state index contributed by atoms with van der Waals surface area (Å²) in [5, 5.41) is 0.968. The van der Waals surface area contributed by atoms with Crippen molar-refractivity contribution >= 4 is 28.0 Å². The standard InChI is InChI=1S/C17H19N3O2/c1-10-6-7-12-14(22-16-15(12)21-11(2)18-16)13(10)20-9-8-19(5)17(20,3)4/h6-9H,1-5H3. The average Bonchev–Trinajstić information content (AvgIpc) is 3.03. The van der Waals surface area contributed by atoms with Crippen molar-refractivity contribution in [1.29, 1.82) is 0 Å². The average molecular weight is 297 g/mol. The van der Waals surface area contributed by atoms with Crippen molar-refractivity contribution in [2.75, 3.05) is 11.9 Å². The lowest BCUT2D eigenvalue weighted by Crippen LogP contribution is -2.46. The molecule has 114 valence electrons. The number of nitrogens with zero attached hydrogens (tertiary/aromatic N) is 3. The molecule has 4 rings (SSSR count). The second-order valence-corrected chi connectivity index (χ2v) is 6.35. The Morgan fingerprint density at radius 3 is 2.50 bits per heavy atom. The highest BCUT2D eigenvalue weighted by Gasteiger charge is 2.35. The molecule has 0 atom stereocenters. The molecule has 0 amide bonds. The first-order valence-corrected chi connectivity index (χ1v) is 7.39. The third-order valence-electron chi connectivity index (χ3n) is 4.61. The molecule has 0 radical (unpaired) electrons. The number of fused-ring (bicyclic) bond motifs is 3. The first-order valence-electron chi connectivity index (χ1n) is 7.39. The van der Waals surface area contributed by atoms with Gasteiger partial charge in [0.25, 0.3) is 5.71 Å². The lowest BCUT2D eigenvalue weighted by atomic mass is 10.1. The molecule has 22 heavy (non-hydrogen) atoms. The monoisotopic (exact) mass is 297 g/mol. The topological polar surface area (TPSA) is 45.7 Å². The second kappa shape index (κ2) is 4.06. The molecule has 0 bridgehead atoms. The Bertz CT molecular complexity index is 917. The van der Waals surface area contributed by atoms with Crippen LogP contribution in [0.1, 0.15) is 25.3 Å². The Labute approximate surface area is 128 Å². The molecule has 0 saturated heterocycles. The summed E-state index contributed by atoms with van der Waals surface area (Å²) in [6.45, 7) is 8.29. The quantitative estimate of drug-likeness (QED) is 0.675. The minimum atomic E-state index is -0.156. The van der Waals surface area contributed by atoms with Gasteiger partial charge in [0.15, 0.2) is 11.5 Å². The number of oxazole rings is 1. The van der Waals surface area contributed by atoms with Crippen LogP contribution in [0.5, 0.6) is 0 Å². The van der Waals surface area contributed by atoms with Crippen molar-refractivity contribution in [1.82, 2.24) is 9.88 Å². The molecule has 3 aromatic rings. The zero-order chi connectivity index (χ0) is 15.6. The normalized spacial score (nSPS) is 17.3. The molecular weight excluding hydrogens is 278 g/mol. The van der Waals surface area contributed by atoms with Gasteiger partial charge >= 0.3 is 0 Å². The summed E-state index contributed by atoms with van der Waals surface area (Å²) in [7, 11) is 2.07. The molecule has 0 saturated carbocycles. The van der Waals surface area contributed by atoms with Gasteiger partial charge in [0.2, 0.25) is 5.58 Å². The molecular formula is C17H19N3O2. The van der Waals surface area contributed by atoms with Gasteiger partial charge < -0.3 is 18.6 Å². The minimum Gasteiger partial charge on any atom is -0.437 e. The Morgan fingerprint density at radius 2 is 1.82 bits per heavy atom. The molecule has 0 spiro atoms. The zero-order valence-corrected chi connectivity index (χ0v) is 13.5. The summed E-state index contributed by atoms with van der Waals surface area (Å²) in [5.41, 5.74) is 4.18. The summed E-state index contributed by atoms with van der Waals surface area (Å²) in [6, 6.07) is 4.15. The van der Waals surface area contributed by atoms with Crippen LogP contribution >= 0.6 is 0 Å². The highest BCUT2D eigenvalue weighted by Crippen LogP contribution is 2.42. The van der Waals surface area contributed by atoms with Gasteiger partial charge in [-0.25, -0.2) is 0 Å². The van der Waals surface area contributed by atoms with E-state index in [1.165, 1.54) is 0 Å². The van der Waals surface area contributed by atoms with Crippen LogP contribution in [-0.2, 0) is 0 Å². The second-order valence-electron chi connectivity index (χ2n) is 6.35. The Morgan fingerprint density at radius 1 is 1.05 bits per heavy atom. The van der Waals surface area contributed by atoms with Crippen LogP contribution in [-0.4, -0.2) is 22.6 Å². The molecule has 0 unspecified atom stereocenters. The van der Waals surface area contributed by atoms with Gasteiger partial charge in [0.05, 0.1) is 11.1 Å². The first kappa shape index (κ1) is 13.2. The molecule has 1 aliphatic rings. The van der Waals surface area contributed by atoms with E-state index in [-0.39, 0.29) is 5.66 Å². The predicted molar refractivity (Wildman–Crippen MR) is 86.7 cm³/mol. The van der Waals surface area contributed by atoms with E-state index in [9.17, 15) is 0 Å². The van der Waals surface area contributed by atoms with Gasteiger partial charge in [0.1, 0.15) is 5.66 Å². The van der Waals surface area contributed by atoms with Crippen molar-refractivity contribution in [3.8, 4) is 0 Å². The number of aromatic nitrogens is 1. The van der Waals surface area contributed by atoms with Crippen molar-refractivity contribution in [3.63, 3.8) is 0 Å². The van der Waals surface area contributed by atoms with E-state index in [0.717, 1.165) is 27.8 Å². The third kappa shape index (κ3) is 1.56. The molecule has 0 fully saturated rings. The maximum absolute atomic E-state index is 6.03. The highest BCUT2D eigenvalue weighted by molar-refractivity contribution is 6.06. The zero-order valence-electron chi connectivity index (χ0n) is 13.5. The maximum atomic E-state index is 6.03. The van der Waals surface area contributed by atoms with Crippen LogP contribution in [0.3, 0.4) is 0 Å². The van der Waals surface area contributed by atoms with Crippen molar-refractivity contribution < 1.29 is 8.83 Å². The van der Waals surface area contributed by atoms with E-state index < -0.39 is 0 Å². The van der Waals surface area contributed by atoms with Crippen LogP contribution < -0.4 is 4.90 Å². The van der Waals surface area contributed by atoms with Crippen LogP contribution in [0.25, 0.3) is 22.3 Å². The molecule has 0 N–H and O–H groups in total. The van der Waals surface area contributed by atoms with E-state index in [4.69, 9.17) is 8.83 Å². The van der Waals surface area contributed by atoms with E-state index in [1.807, 2.05) is 13.0 Å². The van der Waals surface area contributed by atoms with Crippen LogP contribution in [0.15, 0.2) is 33.4 Å². The van der Waals surface area contributed by atoms with E-state index in [1.54, 1.807) is 0 Å². The fourth-order valence-corrected chi connectivity index (χ4v) is 3.04. The van der Waals surface area contributed by atoms with Crippen molar-refractivity contribution in [2.24, 2.45) is 0 Å². The summed E-state index contributed by atoms with van der Waals surface area (Å²) in [4.78, 5) is 8.74. The Hall–Kier alpha value is -2.43. The molecule has 2 aromatic heterocycles. The number of rotatable bonds is 1. The number of anilines is 1. The van der Waals surface area contributed by atoms with Crippen molar-refractivity contribution in [3.05, 3.63) is 36.0 Å². The lowest BCUT2D eigenvalue weighted by Gasteiger charge is -2.38. The SMILES string of the molecule is Cc1nc2oc3c(N4C=CN(C)C4(C)C)c(C)ccc3c2o1. The van der Waals surface area contributed by atoms with E-state index >= 15 is 0 Å². The number of hydrogen-bond donors (Lipinski definition) is 0. The van der Waals surface area contributed by atoms with Crippen molar-refractivity contribution in [2.45, 2.75) is 33.4 Å². The first-order chi connectivity index (χ1) is 10.4. The number of aryl methyl sites for hydroxylation is 2. The Kier molecular flexibility index (Phi) is 2.45. The molecule has 0 aliphatic carbocycles. The fourth-order valence-electron chi connectivity index (χ4n) is 3.04. The predicted octanol–water partition coefficient (Wildman–Crippen LogP) is 4.15. The number of hydrogen-bond acceptors (Lipinski definition) is 5. The van der Waals surface area contributed by atoms with E-state index in [0.29, 0.717) is 11.6 Å². The fraction of sp³-hybridized carbons (Fsp3) is 0.353. The number of furan rings is 1. The molecule has 5 heteroatoms. The largest absolute Gasteiger partial charge is 0.437 e. The lowest BCUT2D eigenvalue weighted by molar-refractivity contribution is 0.253. The van der Waals surface area contributed by atoms with Gasteiger partial charge in [-0.3, -0.25) is 0 Å². The molecule has 1 aliphatic heterocycles. The maximum Gasteiger partial charge on any atom is 0.267 e. The minimum absolute atomic E-state index is 0.156. The number of benzene rings is 1. The van der Waals surface area contributed by atoms with Gasteiger partial charge in [-0.15, -0.1) is 0 Å².